The predicted molar refractivity (Wildman–Crippen MR) is 153 cm³/mol. The van der Waals surface area contributed by atoms with Crippen molar-refractivity contribution in [3.63, 3.8) is 0 Å². The summed E-state index contributed by atoms with van der Waals surface area (Å²) in [6.07, 6.45) is 2.28. The summed E-state index contributed by atoms with van der Waals surface area (Å²) in [5, 5.41) is 2.70. The van der Waals surface area contributed by atoms with Crippen molar-refractivity contribution in [3.05, 3.63) is 120 Å². The average Bonchev–Trinajstić information content (AvgIpc) is 3.33. The molecule has 1 aliphatic rings. The summed E-state index contributed by atoms with van der Waals surface area (Å²) in [7, 11) is -3.81. The molecule has 1 atom stereocenters. The zero-order chi connectivity index (χ0) is 27.2. The van der Waals surface area contributed by atoms with Crippen LogP contribution in [-0.4, -0.2) is 42.4 Å². The van der Waals surface area contributed by atoms with Crippen LogP contribution in [0.5, 0.6) is 0 Å². The van der Waals surface area contributed by atoms with E-state index in [1.54, 1.807) is 42.1 Å². The number of amides is 2. The van der Waals surface area contributed by atoms with E-state index in [9.17, 15) is 18.0 Å². The maximum absolute atomic E-state index is 12.8. The second-order valence-corrected chi connectivity index (χ2v) is 11.7. The third-order valence-electron chi connectivity index (χ3n) is 6.24. The average molecular weight is 559 g/mol. The number of nitrogens with one attached hydrogen (secondary N) is 2. The molecule has 39 heavy (non-hydrogen) atoms. The normalized spacial score (nSPS) is 15.2. The smallest absolute Gasteiger partial charge is 0.263 e. The number of thioether (sulfide) groups is 1. The molecule has 10 heteroatoms. The molecule has 2 heterocycles. The van der Waals surface area contributed by atoms with Gasteiger partial charge in [-0.25, -0.2) is 13.4 Å². The summed E-state index contributed by atoms with van der Waals surface area (Å²) in [4.78, 5) is 31.3. The van der Waals surface area contributed by atoms with Crippen LogP contribution in [0.15, 0.2) is 108 Å². The molecular weight excluding hydrogens is 532 g/mol. The second kappa shape index (κ2) is 11.7. The van der Waals surface area contributed by atoms with Crippen LogP contribution < -0.4 is 10.0 Å². The lowest BCUT2D eigenvalue weighted by Gasteiger charge is -2.24. The number of rotatable bonds is 9. The number of hydrogen-bond donors (Lipinski definition) is 2. The van der Waals surface area contributed by atoms with Crippen LogP contribution in [-0.2, 0) is 21.2 Å². The molecule has 0 radical (unpaired) electrons. The van der Waals surface area contributed by atoms with Crippen molar-refractivity contribution >= 4 is 45.1 Å². The molecule has 1 aromatic heterocycles. The Bertz CT molecular complexity index is 1550. The highest BCUT2D eigenvalue weighted by atomic mass is 32.2. The van der Waals surface area contributed by atoms with Gasteiger partial charge in [0.15, 0.2) is 0 Å². The first-order valence-corrected chi connectivity index (χ1v) is 14.8. The van der Waals surface area contributed by atoms with Crippen molar-refractivity contribution in [2.45, 2.75) is 16.7 Å². The minimum absolute atomic E-state index is 0.0518. The topological polar surface area (TPSA) is 108 Å². The number of benzene rings is 3. The van der Waals surface area contributed by atoms with E-state index < -0.39 is 10.0 Å². The summed E-state index contributed by atoms with van der Waals surface area (Å²) in [5.74, 6) is 0.450. The highest BCUT2D eigenvalue weighted by molar-refractivity contribution is 8.00. The van der Waals surface area contributed by atoms with E-state index in [1.165, 1.54) is 36.0 Å². The molecule has 1 saturated heterocycles. The highest BCUT2D eigenvalue weighted by Crippen LogP contribution is 2.38. The van der Waals surface area contributed by atoms with Gasteiger partial charge in [-0.15, -0.1) is 11.8 Å². The van der Waals surface area contributed by atoms with Gasteiger partial charge in [-0.05, 0) is 66.1 Å². The Morgan fingerprint density at radius 1 is 0.923 bits per heavy atom. The Morgan fingerprint density at radius 3 is 2.33 bits per heavy atom. The zero-order valence-electron chi connectivity index (χ0n) is 20.9. The Morgan fingerprint density at radius 2 is 1.64 bits per heavy atom. The lowest BCUT2D eigenvalue weighted by Crippen LogP contribution is -2.30. The first-order valence-electron chi connectivity index (χ1n) is 12.3. The van der Waals surface area contributed by atoms with E-state index >= 15 is 0 Å². The van der Waals surface area contributed by atoms with Crippen molar-refractivity contribution in [3.8, 4) is 0 Å². The first-order chi connectivity index (χ1) is 18.9. The molecule has 0 spiro atoms. The zero-order valence-corrected chi connectivity index (χ0v) is 22.5. The van der Waals surface area contributed by atoms with Crippen molar-refractivity contribution < 1.29 is 18.0 Å². The third-order valence-corrected chi connectivity index (χ3v) is 8.86. The summed E-state index contributed by atoms with van der Waals surface area (Å²) in [6, 6.07) is 28.1. The van der Waals surface area contributed by atoms with E-state index in [0.29, 0.717) is 23.5 Å². The minimum Gasteiger partial charge on any atom is -0.326 e. The Balaban J connectivity index is 1.21. The fraction of sp³-hybridized carbons (Fsp3) is 0.138. The Hall–Kier alpha value is -4.15. The van der Waals surface area contributed by atoms with Crippen molar-refractivity contribution in [1.29, 1.82) is 0 Å². The van der Waals surface area contributed by atoms with Gasteiger partial charge in [-0.3, -0.25) is 14.3 Å². The summed E-state index contributed by atoms with van der Waals surface area (Å²) in [6.45, 7) is 0.631. The number of sulfonamides is 1. The molecule has 0 aliphatic carbocycles. The monoisotopic (exact) mass is 558 g/mol. The summed E-state index contributed by atoms with van der Waals surface area (Å²) in [5.41, 5.74) is 3.07. The van der Waals surface area contributed by atoms with E-state index in [2.05, 4.69) is 27.2 Å². The maximum Gasteiger partial charge on any atom is 0.263 e. The molecule has 8 nitrogen and oxygen atoms in total. The lowest BCUT2D eigenvalue weighted by atomic mass is 10.1. The molecule has 1 aliphatic heterocycles. The quantitative estimate of drug-likeness (QED) is 0.301. The van der Waals surface area contributed by atoms with Crippen LogP contribution in [0, 0.1) is 0 Å². The predicted octanol–water partition coefficient (Wildman–Crippen LogP) is 4.95. The van der Waals surface area contributed by atoms with Crippen LogP contribution in [0.4, 0.5) is 11.5 Å². The van der Waals surface area contributed by atoms with Crippen LogP contribution >= 0.6 is 11.8 Å². The fourth-order valence-corrected chi connectivity index (χ4v) is 6.43. The molecule has 0 unspecified atom stereocenters. The summed E-state index contributed by atoms with van der Waals surface area (Å²) >= 11 is 1.59. The Labute approximate surface area is 231 Å². The van der Waals surface area contributed by atoms with E-state index in [1.807, 2.05) is 35.2 Å². The van der Waals surface area contributed by atoms with Crippen molar-refractivity contribution in [2.75, 3.05) is 22.3 Å². The van der Waals surface area contributed by atoms with Gasteiger partial charge in [0.1, 0.15) is 11.2 Å². The molecule has 0 bridgehead atoms. The van der Waals surface area contributed by atoms with E-state index in [-0.39, 0.29) is 27.9 Å². The van der Waals surface area contributed by atoms with Gasteiger partial charge < -0.3 is 10.2 Å². The molecule has 2 amide bonds. The SMILES string of the molecule is O=C(Nc1ccc(S(=O)(=O)Nc2ccccn2)cc1)c1ccc([C@H]2SCC(=O)N2CCc2ccccc2)cc1. The number of carbonyl (C=O) groups excluding carboxylic acids is 2. The van der Waals surface area contributed by atoms with Gasteiger partial charge in [0, 0.05) is 24.0 Å². The molecule has 1 fully saturated rings. The molecule has 198 valence electrons. The molecule has 2 N–H and O–H groups in total. The Kier molecular flexibility index (Phi) is 7.94. The highest BCUT2D eigenvalue weighted by Gasteiger charge is 2.32. The van der Waals surface area contributed by atoms with Crippen molar-refractivity contribution in [2.24, 2.45) is 0 Å². The van der Waals surface area contributed by atoms with Crippen LogP contribution in [0.25, 0.3) is 0 Å². The largest absolute Gasteiger partial charge is 0.326 e. The number of anilines is 2. The summed E-state index contributed by atoms with van der Waals surface area (Å²) < 4.78 is 27.6. The standard InChI is InChI=1S/C29H26N4O4S2/c34-27-20-38-29(33(27)19-17-21-6-2-1-3-7-21)23-11-9-22(10-12-23)28(35)31-24-13-15-25(16-14-24)39(36,37)32-26-8-4-5-18-30-26/h1-16,18,29H,17,19-20H2,(H,30,32)(H,31,35)/t29-/m1/s1. The number of nitrogens with zero attached hydrogens (tertiary/aromatic N) is 2. The second-order valence-electron chi connectivity index (χ2n) is 8.91. The van der Waals surface area contributed by atoms with Gasteiger partial charge in [0.2, 0.25) is 5.91 Å². The number of aromatic nitrogens is 1. The fourth-order valence-electron chi connectivity index (χ4n) is 4.21. The third kappa shape index (κ3) is 6.47. The van der Waals surface area contributed by atoms with Gasteiger partial charge in [0.25, 0.3) is 15.9 Å². The molecule has 4 aromatic rings. The van der Waals surface area contributed by atoms with Gasteiger partial charge >= 0.3 is 0 Å². The van der Waals surface area contributed by atoms with Gasteiger partial charge in [0.05, 0.1) is 10.6 Å². The van der Waals surface area contributed by atoms with Gasteiger partial charge in [-0.1, -0.05) is 48.5 Å². The van der Waals surface area contributed by atoms with Crippen LogP contribution in [0.3, 0.4) is 0 Å². The number of hydrogen-bond acceptors (Lipinski definition) is 6. The lowest BCUT2D eigenvalue weighted by molar-refractivity contribution is -0.128. The van der Waals surface area contributed by atoms with E-state index in [4.69, 9.17) is 0 Å². The molecular formula is C29H26N4O4S2. The van der Waals surface area contributed by atoms with Crippen LogP contribution in [0.1, 0.15) is 26.9 Å². The van der Waals surface area contributed by atoms with Gasteiger partial charge in [-0.2, -0.15) is 0 Å². The minimum atomic E-state index is -3.81. The molecule has 0 saturated carbocycles. The molecule has 5 rings (SSSR count). The molecule has 3 aromatic carbocycles. The van der Waals surface area contributed by atoms with Crippen molar-refractivity contribution in [1.82, 2.24) is 9.88 Å². The number of carbonyl (C=O) groups is 2. The first kappa shape index (κ1) is 26.5. The van der Waals surface area contributed by atoms with Crippen LogP contribution in [0.2, 0.25) is 0 Å². The van der Waals surface area contributed by atoms with E-state index in [0.717, 1.165) is 12.0 Å². The number of pyridine rings is 1. The maximum atomic E-state index is 12.8.